The Morgan fingerprint density at radius 2 is 1.91 bits per heavy atom. The third-order valence-electron chi connectivity index (χ3n) is 5.41. The molecular formula is C23H28N4O5. The quantitative estimate of drug-likeness (QED) is 0.396. The van der Waals surface area contributed by atoms with Gasteiger partial charge in [0.15, 0.2) is 0 Å². The first-order chi connectivity index (χ1) is 15.2. The van der Waals surface area contributed by atoms with E-state index in [0.717, 1.165) is 0 Å². The highest BCUT2D eigenvalue weighted by molar-refractivity contribution is 6.46. The van der Waals surface area contributed by atoms with Gasteiger partial charge in [-0.15, -0.1) is 0 Å². The van der Waals surface area contributed by atoms with Crippen molar-refractivity contribution in [3.63, 3.8) is 0 Å². The molecule has 0 bridgehead atoms. The fourth-order valence-corrected chi connectivity index (χ4v) is 3.76. The summed E-state index contributed by atoms with van der Waals surface area (Å²) in [4.78, 5) is 38.0. The average molecular weight is 441 g/mol. The second-order valence-electron chi connectivity index (χ2n) is 7.82. The molecule has 0 radical (unpaired) electrons. The molecule has 1 N–H and O–H groups in total. The minimum Gasteiger partial charge on any atom is -0.507 e. The molecule has 9 nitrogen and oxygen atoms in total. The second-order valence-corrected chi connectivity index (χ2v) is 7.82. The maximum absolute atomic E-state index is 13.2. The minimum atomic E-state index is -0.860. The molecule has 170 valence electrons. The van der Waals surface area contributed by atoms with Crippen molar-refractivity contribution in [2.24, 2.45) is 0 Å². The van der Waals surface area contributed by atoms with Crippen LogP contribution in [0.5, 0.6) is 11.5 Å². The number of Topliss-reactive ketones (excluding diaryl/α,β-unsaturated/α-hetero) is 1. The van der Waals surface area contributed by atoms with Gasteiger partial charge in [-0.25, -0.2) is 9.97 Å². The zero-order valence-corrected chi connectivity index (χ0v) is 19.2. The van der Waals surface area contributed by atoms with Crippen LogP contribution in [0, 0.1) is 13.8 Å². The van der Waals surface area contributed by atoms with Crippen molar-refractivity contribution in [2.45, 2.75) is 19.9 Å². The number of carbonyl (C=O) groups excluding carboxylic acids is 2. The van der Waals surface area contributed by atoms with E-state index in [0.29, 0.717) is 40.7 Å². The first-order valence-corrected chi connectivity index (χ1v) is 10.1. The Kier molecular flexibility index (Phi) is 6.78. The number of likely N-dealkylation sites (N-methyl/N-ethyl adjacent to an activating group) is 1. The van der Waals surface area contributed by atoms with Crippen LogP contribution < -0.4 is 9.47 Å². The van der Waals surface area contributed by atoms with E-state index in [1.165, 1.54) is 25.3 Å². The zero-order chi connectivity index (χ0) is 23.6. The molecule has 3 rings (SSSR count). The Morgan fingerprint density at radius 1 is 1.19 bits per heavy atom. The number of likely N-dealkylation sites (tertiary alicyclic amines) is 1. The molecule has 1 saturated heterocycles. The molecule has 1 aliphatic heterocycles. The predicted molar refractivity (Wildman–Crippen MR) is 119 cm³/mol. The van der Waals surface area contributed by atoms with E-state index >= 15 is 0 Å². The van der Waals surface area contributed by atoms with Gasteiger partial charge in [-0.05, 0) is 46.1 Å². The maximum atomic E-state index is 13.2. The van der Waals surface area contributed by atoms with Crippen LogP contribution in [0.15, 0.2) is 30.0 Å². The van der Waals surface area contributed by atoms with Gasteiger partial charge in [0.25, 0.3) is 11.7 Å². The Hall–Kier alpha value is -3.46. The number of nitrogens with zero attached hydrogens (tertiary/aromatic N) is 4. The molecule has 1 aromatic carbocycles. The number of hydrogen-bond donors (Lipinski definition) is 1. The SMILES string of the molecule is COc1ccc(OC)c(C2C(=C(O)c3cnc(C)nc3C)C(=O)C(=O)N2CCN(C)C)c1. The molecule has 1 unspecified atom stereocenters. The van der Waals surface area contributed by atoms with E-state index in [1.54, 1.807) is 32.0 Å². The lowest BCUT2D eigenvalue weighted by atomic mass is 9.94. The van der Waals surface area contributed by atoms with E-state index < -0.39 is 17.7 Å². The van der Waals surface area contributed by atoms with Gasteiger partial charge in [0.2, 0.25) is 0 Å². The zero-order valence-electron chi connectivity index (χ0n) is 19.2. The lowest BCUT2D eigenvalue weighted by Crippen LogP contribution is -2.35. The summed E-state index contributed by atoms with van der Waals surface area (Å²) < 4.78 is 10.9. The first kappa shape index (κ1) is 23.2. The van der Waals surface area contributed by atoms with Crippen molar-refractivity contribution in [2.75, 3.05) is 41.4 Å². The van der Waals surface area contributed by atoms with Crippen molar-refractivity contribution >= 4 is 17.4 Å². The number of amides is 1. The number of aromatic nitrogens is 2. The van der Waals surface area contributed by atoms with E-state index in [4.69, 9.17) is 9.47 Å². The Labute approximate surface area is 187 Å². The molecule has 0 spiro atoms. The van der Waals surface area contributed by atoms with Crippen LogP contribution >= 0.6 is 0 Å². The van der Waals surface area contributed by atoms with E-state index in [2.05, 4.69) is 9.97 Å². The van der Waals surface area contributed by atoms with E-state index in [1.807, 2.05) is 19.0 Å². The van der Waals surface area contributed by atoms with E-state index in [9.17, 15) is 14.7 Å². The minimum absolute atomic E-state index is 0.0316. The molecule has 2 heterocycles. The molecule has 0 aliphatic carbocycles. The summed E-state index contributed by atoms with van der Waals surface area (Å²) in [5, 5.41) is 11.2. The normalized spacial score (nSPS) is 17.8. The molecule has 2 aromatic rings. The van der Waals surface area contributed by atoms with Crippen LogP contribution in [0.1, 0.15) is 28.7 Å². The molecule has 1 amide bonds. The molecule has 1 aromatic heterocycles. The summed E-state index contributed by atoms with van der Waals surface area (Å²) in [6, 6.07) is 4.29. The molecule has 1 fully saturated rings. The maximum Gasteiger partial charge on any atom is 0.295 e. The molecule has 1 atom stereocenters. The van der Waals surface area contributed by atoms with Gasteiger partial charge in [0.1, 0.15) is 23.1 Å². The summed E-state index contributed by atoms with van der Waals surface area (Å²) in [5.41, 5.74) is 1.31. The number of aliphatic hydroxyl groups is 1. The summed E-state index contributed by atoms with van der Waals surface area (Å²) in [6.45, 7) is 4.26. The number of carbonyl (C=O) groups is 2. The topological polar surface area (TPSA) is 105 Å². The Bertz CT molecular complexity index is 1080. The molecule has 0 saturated carbocycles. The number of ketones is 1. The van der Waals surface area contributed by atoms with Gasteiger partial charge in [0, 0.05) is 24.8 Å². The second kappa shape index (κ2) is 9.35. The van der Waals surface area contributed by atoms with Crippen molar-refractivity contribution in [3.05, 3.63) is 52.6 Å². The Balaban J connectivity index is 2.27. The monoisotopic (exact) mass is 440 g/mol. The van der Waals surface area contributed by atoms with Gasteiger partial charge in [0.05, 0.1) is 37.1 Å². The number of aliphatic hydroxyl groups excluding tert-OH is 1. The lowest BCUT2D eigenvalue weighted by Gasteiger charge is -2.28. The van der Waals surface area contributed by atoms with Gasteiger partial charge in [-0.2, -0.15) is 0 Å². The standard InChI is InChI=1S/C23H28N4O5/c1-13-17(12-24-14(2)25-13)21(28)19-20(16-11-15(31-5)7-8-18(16)32-6)27(10-9-26(3)4)23(30)22(19)29/h7-8,11-12,20,28H,9-10H2,1-6H3. The molecule has 32 heavy (non-hydrogen) atoms. The van der Waals surface area contributed by atoms with Gasteiger partial charge in [-0.3, -0.25) is 9.59 Å². The van der Waals surface area contributed by atoms with Crippen LogP contribution in [0.4, 0.5) is 0 Å². The number of benzene rings is 1. The number of methoxy groups -OCH3 is 2. The van der Waals surface area contributed by atoms with Gasteiger partial charge < -0.3 is 24.4 Å². The molecule has 9 heteroatoms. The number of aryl methyl sites for hydroxylation is 2. The van der Waals surface area contributed by atoms with Crippen molar-refractivity contribution in [1.82, 2.24) is 19.8 Å². The predicted octanol–water partition coefficient (Wildman–Crippen LogP) is 2.09. The summed E-state index contributed by atoms with van der Waals surface area (Å²) >= 11 is 0. The lowest BCUT2D eigenvalue weighted by molar-refractivity contribution is -0.140. The summed E-state index contributed by atoms with van der Waals surface area (Å²) in [7, 11) is 6.80. The molecular weight excluding hydrogens is 412 g/mol. The fourth-order valence-electron chi connectivity index (χ4n) is 3.76. The van der Waals surface area contributed by atoms with Crippen LogP contribution in [0.2, 0.25) is 0 Å². The van der Waals surface area contributed by atoms with Crippen LogP contribution in [0.25, 0.3) is 5.76 Å². The smallest absolute Gasteiger partial charge is 0.295 e. The molecule has 1 aliphatic rings. The first-order valence-electron chi connectivity index (χ1n) is 10.1. The van der Waals surface area contributed by atoms with Crippen molar-refractivity contribution < 1.29 is 24.2 Å². The van der Waals surface area contributed by atoms with Crippen LogP contribution in [0.3, 0.4) is 0 Å². The third kappa shape index (κ3) is 4.29. The van der Waals surface area contributed by atoms with Gasteiger partial charge >= 0.3 is 0 Å². The van der Waals surface area contributed by atoms with Crippen LogP contribution in [-0.2, 0) is 9.59 Å². The fraction of sp³-hybridized carbons (Fsp3) is 0.391. The van der Waals surface area contributed by atoms with E-state index in [-0.39, 0.29) is 17.9 Å². The van der Waals surface area contributed by atoms with Gasteiger partial charge in [-0.1, -0.05) is 0 Å². The highest BCUT2D eigenvalue weighted by Crippen LogP contribution is 2.43. The summed E-state index contributed by atoms with van der Waals surface area (Å²) in [6.07, 6.45) is 1.46. The number of ether oxygens (including phenoxy) is 2. The van der Waals surface area contributed by atoms with Crippen molar-refractivity contribution in [3.8, 4) is 11.5 Å². The average Bonchev–Trinajstić information content (AvgIpc) is 3.01. The largest absolute Gasteiger partial charge is 0.507 e. The van der Waals surface area contributed by atoms with Crippen LogP contribution in [-0.4, -0.2) is 78.0 Å². The Morgan fingerprint density at radius 3 is 2.50 bits per heavy atom. The summed E-state index contributed by atoms with van der Waals surface area (Å²) in [5.74, 6) is -0.228. The highest BCUT2D eigenvalue weighted by atomic mass is 16.5. The third-order valence-corrected chi connectivity index (χ3v) is 5.41. The highest BCUT2D eigenvalue weighted by Gasteiger charge is 2.47. The van der Waals surface area contributed by atoms with Crippen molar-refractivity contribution in [1.29, 1.82) is 0 Å². The number of rotatable bonds is 7. The number of hydrogen-bond acceptors (Lipinski definition) is 8.